The maximum Gasteiger partial charge on any atom is 0.0897 e. The van der Waals surface area contributed by atoms with Crippen LogP contribution in [-0.4, -0.2) is 22.6 Å². The summed E-state index contributed by atoms with van der Waals surface area (Å²) in [6.07, 6.45) is 6.46. The molecular formula is C17H23N3S. The number of thiazole rings is 1. The van der Waals surface area contributed by atoms with E-state index in [2.05, 4.69) is 46.6 Å². The van der Waals surface area contributed by atoms with E-state index in [-0.39, 0.29) is 0 Å². The number of nitrogens with zero attached hydrogens (tertiary/aromatic N) is 2. The third-order valence-corrected chi connectivity index (χ3v) is 5.06. The summed E-state index contributed by atoms with van der Waals surface area (Å²) < 4.78 is 0. The highest BCUT2D eigenvalue weighted by Crippen LogP contribution is 2.34. The van der Waals surface area contributed by atoms with Crippen molar-refractivity contribution in [3.05, 3.63) is 45.7 Å². The second-order valence-corrected chi connectivity index (χ2v) is 6.88. The average Bonchev–Trinajstić information content (AvgIpc) is 3.09. The van der Waals surface area contributed by atoms with E-state index in [0.717, 1.165) is 30.8 Å². The van der Waals surface area contributed by atoms with Crippen LogP contribution >= 0.6 is 11.3 Å². The summed E-state index contributed by atoms with van der Waals surface area (Å²) in [6.45, 7) is 5.36. The fourth-order valence-corrected chi connectivity index (χ4v) is 3.87. The van der Waals surface area contributed by atoms with Gasteiger partial charge in [0.05, 0.1) is 10.7 Å². The highest BCUT2D eigenvalue weighted by atomic mass is 32.1. The van der Waals surface area contributed by atoms with Crippen LogP contribution < -0.4 is 5.32 Å². The summed E-state index contributed by atoms with van der Waals surface area (Å²) in [6, 6.07) is 4.73. The molecule has 112 valence electrons. The number of aryl methyl sites for hydroxylation is 2. The normalized spacial score (nSPS) is 18.7. The summed E-state index contributed by atoms with van der Waals surface area (Å²) in [5, 5.41) is 7.09. The molecule has 4 heteroatoms. The number of hydrogen-bond donors (Lipinski definition) is 1. The van der Waals surface area contributed by atoms with Crippen molar-refractivity contribution in [1.82, 2.24) is 15.3 Å². The van der Waals surface area contributed by atoms with E-state index >= 15 is 0 Å². The number of aromatic nitrogens is 2. The van der Waals surface area contributed by atoms with Crippen LogP contribution in [0.1, 0.15) is 47.6 Å². The van der Waals surface area contributed by atoms with Crippen molar-refractivity contribution < 1.29 is 0 Å². The Morgan fingerprint density at radius 3 is 3.14 bits per heavy atom. The predicted molar refractivity (Wildman–Crippen MR) is 87.9 cm³/mol. The first-order valence-electron chi connectivity index (χ1n) is 7.86. The van der Waals surface area contributed by atoms with E-state index in [1.54, 1.807) is 11.3 Å². The van der Waals surface area contributed by atoms with Crippen LogP contribution in [0.2, 0.25) is 0 Å². The molecule has 21 heavy (non-hydrogen) atoms. The number of nitrogens with one attached hydrogen (secondary N) is 1. The van der Waals surface area contributed by atoms with Gasteiger partial charge >= 0.3 is 0 Å². The number of hydrogen-bond acceptors (Lipinski definition) is 4. The van der Waals surface area contributed by atoms with Gasteiger partial charge in [-0.05, 0) is 44.4 Å². The van der Waals surface area contributed by atoms with Crippen LogP contribution in [0, 0.1) is 6.92 Å². The molecule has 3 nitrogen and oxygen atoms in total. The van der Waals surface area contributed by atoms with Gasteiger partial charge in [-0.25, -0.2) is 4.98 Å². The molecule has 0 saturated carbocycles. The molecule has 2 aromatic rings. The van der Waals surface area contributed by atoms with Crippen LogP contribution in [0.25, 0.3) is 0 Å². The average molecular weight is 301 g/mol. The van der Waals surface area contributed by atoms with Crippen molar-refractivity contribution in [3.63, 3.8) is 0 Å². The highest BCUT2D eigenvalue weighted by Gasteiger charge is 2.31. The monoisotopic (exact) mass is 301 g/mol. The van der Waals surface area contributed by atoms with E-state index in [1.165, 1.54) is 23.4 Å². The molecule has 1 aliphatic rings. The van der Waals surface area contributed by atoms with Gasteiger partial charge in [0.15, 0.2) is 0 Å². The zero-order valence-electron chi connectivity index (χ0n) is 12.8. The summed E-state index contributed by atoms with van der Waals surface area (Å²) in [5.74, 6) is 0.523. The molecule has 0 amide bonds. The molecule has 2 heterocycles. The molecule has 0 fully saturated rings. The minimum absolute atomic E-state index is 0.447. The minimum Gasteiger partial charge on any atom is -0.313 e. The number of rotatable bonds is 6. The SMILES string of the molecule is CCCNC(Cc1csc(C)n1)C1CCc2cccnc21. The Morgan fingerprint density at radius 2 is 2.38 bits per heavy atom. The lowest BCUT2D eigenvalue weighted by atomic mass is 9.93. The maximum atomic E-state index is 4.66. The Morgan fingerprint density at radius 1 is 1.48 bits per heavy atom. The molecule has 0 aromatic carbocycles. The summed E-state index contributed by atoms with van der Waals surface area (Å²) in [5.41, 5.74) is 3.95. The van der Waals surface area contributed by atoms with Crippen LogP contribution in [0.15, 0.2) is 23.7 Å². The van der Waals surface area contributed by atoms with Gasteiger partial charge in [0.25, 0.3) is 0 Å². The maximum absolute atomic E-state index is 4.66. The molecule has 0 radical (unpaired) electrons. The van der Waals surface area contributed by atoms with Gasteiger partial charge in [0.1, 0.15) is 0 Å². The van der Waals surface area contributed by atoms with E-state index in [0.29, 0.717) is 12.0 Å². The standard InChI is InChI=1S/C17H23N3S/c1-3-8-18-16(10-14-11-21-12(2)20-14)15-7-6-13-5-4-9-19-17(13)15/h4-5,9,11,15-16,18H,3,6-8,10H2,1-2H3. The quantitative estimate of drug-likeness (QED) is 0.887. The molecule has 0 spiro atoms. The largest absolute Gasteiger partial charge is 0.313 e. The fraction of sp³-hybridized carbons (Fsp3) is 0.529. The van der Waals surface area contributed by atoms with Crippen LogP contribution in [0.4, 0.5) is 0 Å². The minimum atomic E-state index is 0.447. The van der Waals surface area contributed by atoms with Gasteiger partial charge in [-0.3, -0.25) is 4.98 Å². The van der Waals surface area contributed by atoms with Crippen LogP contribution in [0.5, 0.6) is 0 Å². The topological polar surface area (TPSA) is 37.8 Å². The van der Waals surface area contributed by atoms with Gasteiger partial charge in [0, 0.05) is 35.7 Å². The van der Waals surface area contributed by atoms with Gasteiger partial charge in [-0.15, -0.1) is 11.3 Å². The Bertz CT molecular complexity index is 593. The molecule has 2 atom stereocenters. The Balaban J connectivity index is 1.79. The van der Waals surface area contributed by atoms with Gasteiger partial charge in [0.2, 0.25) is 0 Å². The van der Waals surface area contributed by atoms with E-state index in [4.69, 9.17) is 0 Å². The zero-order valence-corrected chi connectivity index (χ0v) is 13.6. The smallest absolute Gasteiger partial charge is 0.0897 e. The lowest BCUT2D eigenvalue weighted by molar-refractivity contribution is 0.418. The van der Waals surface area contributed by atoms with Gasteiger partial charge in [-0.2, -0.15) is 0 Å². The highest BCUT2D eigenvalue weighted by molar-refractivity contribution is 7.09. The first-order valence-corrected chi connectivity index (χ1v) is 8.74. The Hall–Kier alpha value is -1.26. The van der Waals surface area contributed by atoms with Crippen molar-refractivity contribution in [3.8, 4) is 0 Å². The first kappa shape index (κ1) is 14.7. The van der Waals surface area contributed by atoms with Gasteiger partial charge in [-0.1, -0.05) is 13.0 Å². The summed E-state index contributed by atoms with van der Waals surface area (Å²) >= 11 is 1.74. The fourth-order valence-electron chi connectivity index (χ4n) is 3.25. The number of fused-ring (bicyclic) bond motifs is 1. The second-order valence-electron chi connectivity index (χ2n) is 5.82. The van der Waals surface area contributed by atoms with Crippen LogP contribution in [-0.2, 0) is 12.8 Å². The van der Waals surface area contributed by atoms with Crippen molar-refractivity contribution in [2.24, 2.45) is 0 Å². The lowest BCUT2D eigenvalue weighted by Gasteiger charge is -2.24. The lowest BCUT2D eigenvalue weighted by Crippen LogP contribution is -2.37. The van der Waals surface area contributed by atoms with Crippen molar-refractivity contribution in [2.75, 3.05) is 6.54 Å². The Kier molecular flexibility index (Phi) is 4.66. The third kappa shape index (κ3) is 3.33. The van der Waals surface area contributed by atoms with Crippen molar-refractivity contribution >= 4 is 11.3 Å². The first-order chi connectivity index (χ1) is 10.3. The van der Waals surface area contributed by atoms with Crippen molar-refractivity contribution in [1.29, 1.82) is 0 Å². The molecule has 3 rings (SSSR count). The third-order valence-electron chi connectivity index (χ3n) is 4.24. The van der Waals surface area contributed by atoms with Gasteiger partial charge < -0.3 is 5.32 Å². The second kappa shape index (κ2) is 6.67. The Labute approximate surface area is 130 Å². The molecule has 0 aliphatic heterocycles. The zero-order chi connectivity index (χ0) is 14.7. The molecule has 1 N–H and O–H groups in total. The van der Waals surface area contributed by atoms with E-state index in [9.17, 15) is 0 Å². The van der Waals surface area contributed by atoms with Crippen LogP contribution in [0.3, 0.4) is 0 Å². The number of pyridine rings is 1. The summed E-state index contributed by atoms with van der Waals surface area (Å²) in [4.78, 5) is 9.30. The molecule has 0 saturated heterocycles. The molecule has 2 unspecified atom stereocenters. The van der Waals surface area contributed by atoms with E-state index in [1.807, 2.05) is 6.20 Å². The molecule has 2 aromatic heterocycles. The molecule has 1 aliphatic carbocycles. The van der Waals surface area contributed by atoms with E-state index < -0.39 is 0 Å². The predicted octanol–water partition coefficient (Wildman–Crippen LogP) is 3.49. The van der Waals surface area contributed by atoms with Crippen molar-refractivity contribution in [2.45, 2.75) is 51.5 Å². The molecular weight excluding hydrogens is 278 g/mol. The summed E-state index contributed by atoms with van der Waals surface area (Å²) in [7, 11) is 0. The molecule has 0 bridgehead atoms.